The Balaban J connectivity index is 2.82. The fourth-order valence-electron chi connectivity index (χ4n) is 1.60. The molecule has 0 unspecified atom stereocenters. The third-order valence-electron chi connectivity index (χ3n) is 2.28. The molecule has 14 heavy (non-hydrogen) atoms. The molecule has 0 aromatic carbocycles. The minimum atomic E-state index is -0.553. The lowest BCUT2D eigenvalue weighted by molar-refractivity contribution is -0.141. The van der Waals surface area contributed by atoms with Gasteiger partial charge in [-0.15, -0.1) is 0 Å². The van der Waals surface area contributed by atoms with Gasteiger partial charge in [-0.3, -0.25) is 14.5 Å². The number of rotatable bonds is 2. The van der Waals surface area contributed by atoms with Gasteiger partial charge in [-0.2, -0.15) is 0 Å². The summed E-state index contributed by atoms with van der Waals surface area (Å²) >= 11 is 0. The Bertz CT molecular complexity index is 276. The molecule has 1 fully saturated rings. The summed E-state index contributed by atoms with van der Waals surface area (Å²) in [5, 5.41) is 0. The van der Waals surface area contributed by atoms with Crippen molar-refractivity contribution in [2.45, 2.75) is 39.7 Å². The van der Waals surface area contributed by atoms with Gasteiger partial charge >= 0.3 is 0 Å². The predicted octanol–water partition coefficient (Wildman–Crippen LogP) is 0.509. The number of likely N-dealkylation sites (tertiary alicyclic amines) is 1. The molecule has 1 heterocycles. The Labute approximate surface area is 84.4 Å². The quantitative estimate of drug-likeness (QED) is 0.657. The summed E-state index contributed by atoms with van der Waals surface area (Å²) in [4.78, 5) is 24.6. The van der Waals surface area contributed by atoms with E-state index in [-0.39, 0.29) is 11.8 Å². The summed E-state index contributed by atoms with van der Waals surface area (Å²) in [6.07, 6.45) is 0.294. The molecule has 4 nitrogen and oxygen atoms in total. The van der Waals surface area contributed by atoms with Crippen LogP contribution in [-0.4, -0.2) is 28.8 Å². The third-order valence-corrected chi connectivity index (χ3v) is 2.28. The highest BCUT2D eigenvalue weighted by Gasteiger charge is 2.45. The summed E-state index contributed by atoms with van der Waals surface area (Å²) in [5.74, 6) is -0.223. The summed E-state index contributed by atoms with van der Waals surface area (Å²) < 4.78 is 0. The van der Waals surface area contributed by atoms with Gasteiger partial charge in [0.25, 0.3) is 0 Å². The average molecular weight is 198 g/mol. The Morgan fingerprint density at radius 3 is 2.21 bits per heavy atom. The second-order valence-electron chi connectivity index (χ2n) is 5.33. The van der Waals surface area contributed by atoms with Gasteiger partial charge in [-0.25, -0.2) is 0 Å². The molecule has 0 radical (unpaired) electrons. The highest BCUT2D eigenvalue weighted by atomic mass is 16.2. The number of nitrogens with zero attached hydrogens (tertiary/aromatic N) is 1. The first kappa shape index (κ1) is 11.2. The van der Waals surface area contributed by atoms with E-state index in [0.717, 1.165) is 0 Å². The number of amides is 2. The van der Waals surface area contributed by atoms with Gasteiger partial charge in [0.1, 0.15) is 0 Å². The fourth-order valence-corrected chi connectivity index (χ4v) is 1.60. The van der Waals surface area contributed by atoms with Crippen LogP contribution in [0.4, 0.5) is 0 Å². The SMILES string of the molecule is CC(C)(N)CN1C(=O)CC(C)(C)C1=O. The zero-order chi connectivity index (χ0) is 11.1. The normalized spacial score (nSPS) is 21.9. The highest BCUT2D eigenvalue weighted by Crippen LogP contribution is 2.32. The maximum atomic E-state index is 11.8. The van der Waals surface area contributed by atoms with Crippen molar-refractivity contribution in [1.29, 1.82) is 0 Å². The molecule has 4 heteroatoms. The van der Waals surface area contributed by atoms with Crippen LogP contribution in [0.5, 0.6) is 0 Å². The minimum Gasteiger partial charge on any atom is -0.324 e. The Morgan fingerprint density at radius 1 is 1.43 bits per heavy atom. The van der Waals surface area contributed by atoms with E-state index in [9.17, 15) is 9.59 Å². The largest absolute Gasteiger partial charge is 0.324 e. The molecular formula is C10H18N2O2. The topological polar surface area (TPSA) is 63.4 Å². The van der Waals surface area contributed by atoms with Crippen LogP contribution in [-0.2, 0) is 9.59 Å². The first-order valence-corrected chi connectivity index (χ1v) is 4.77. The smallest absolute Gasteiger partial charge is 0.235 e. The van der Waals surface area contributed by atoms with Gasteiger partial charge in [0, 0.05) is 18.5 Å². The molecule has 2 N–H and O–H groups in total. The van der Waals surface area contributed by atoms with Crippen LogP contribution in [0.15, 0.2) is 0 Å². The Kier molecular flexibility index (Phi) is 2.44. The Hall–Kier alpha value is -0.900. The predicted molar refractivity (Wildman–Crippen MR) is 53.4 cm³/mol. The molecule has 0 bridgehead atoms. The zero-order valence-corrected chi connectivity index (χ0v) is 9.26. The van der Waals surface area contributed by atoms with E-state index in [1.807, 2.05) is 0 Å². The van der Waals surface area contributed by atoms with Crippen molar-refractivity contribution in [2.75, 3.05) is 6.54 Å². The molecule has 0 atom stereocenters. The summed E-state index contributed by atoms with van der Waals surface area (Å²) in [7, 11) is 0. The van der Waals surface area contributed by atoms with Crippen LogP contribution in [0.2, 0.25) is 0 Å². The van der Waals surface area contributed by atoms with Crippen molar-refractivity contribution in [3.63, 3.8) is 0 Å². The number of hydrogen-bond acceptors (Lipinski definition) is 3. The molecule has 0 aromatic rings. The third kappa shape index (κ3) is 2.12. The van der Waals surface area contributed by atoms with Gasteiger partial charge < -0.3 is 5.73 Å². The lowest BCUT2D eigenvalue weighted by Gasteiger charge is -2.26. The number of carbonyl (C=O) groups excluding carboxylic acids is 2. The van der Waals surface area contributed by atoms with E-state index in [1.165, 1.54) is 4.90 Å². The van der Waals surface area contributed by atoms with Crippen LogP contribution in [0.3, 0.4) is 0 Å². The number of imide groups is 1. The molecule has 2 amide bonds. The molecule has 0 spiro atoms. The highest BCUT2D eigenvalue weighted by molar-refractivity contribution is 6.05. The average Bonchev–Trinajstić information content (AvgIpc) is 2.10. The van der Waals surface area contributed by atoms with Gasteiger partial charge in [0.2, 0.25) is 11.8 Å². The molecule has 1 rings (SSSR count). The monoisotopic (exact) mass is 198 g/mol. The lowest BCUT2D eigenvalue weighted by Crippen LogP contribution is -2.48. The van der Waals surface area contributed by atoms with Gasteiger partial charge in [0.05, 0.1) is 5.41 Å². The standard InChI is InChI=1S/C10H18N2O2/c1-9(2)5-7(13)12(8(9)14)6-10(3,4)11/h5-6,11H2,1-4H3. The van der Waals surface area contributed by atoms with E-state index in [0.29, 0.717) is 13.0 Å². The summed E-state index contributed by atoms with van der Waals surface area (Å²) in [6, 6.07) is 0. The van der Waals surface area contributed by atoms with Gasteiger partial charge in [0.15, 0.2) is 0 Å². The number of nitrogens with two attached hydrogens (primary N) is 1. The second-order valence-corrected chi connectivity index (χ2v) is 5.33. The minimum absolute atomic E-state index is 0.110. The molecule has 0 saturated carbocycles. The van der Waals surface area contributed by atoms with Crippen molar-refractivity contribution >= 4 is 11.8 Å². The van der Waals surface area contributed by atoms with Gasteiger partial charge in [-0.05, 0) is 13.8 Å². The van der Waals surface area contributed by atoms with Crippen molar-refractivity contribution in [1.82, 2.24) is 4.90 Å². The van der Waals surface area contributed by atoms with E-state index < -0.39 is 11.0 Å². The lowest BCUT2D eigenvalue weighted by atomic mass is 9.92. The molecular weight excluding hydrogens is 180 g/mol. The van der Waals surface area contributed by atoms with Crippen LogP contribution < -0.4 is 5.73 Å². The van der Waals surface area contributed by atoms with Crippen LogP contribution in [0, 0.1) is 5.41 Å². The van der Waals surface area contributed by atoms with Crippen LogP contribution in [0.1, 0.15) is 34.1 Å². The fraction of sp³-hybridized carbons (Fsp3) is 0.800. The molecule has 1 aliphatic rings. The molecule has 0 aliphatic carbocycles. The van der Waals surface area contributed by atoms with E-state index in [4.69, 9.17) is 5.73 Å². The van der Waals surface area contributed by atoms with Crippen molar-refractivity contribution in [3.05, 3.63) is 0 Å². The summed E-state index contributed by atoms with van der Waals surface area (Å²) in [5.41, 5.74) is 4.71. The number of carbonyl (C=O) groups is 2. The molecule has 0 aromatic heterocycles. The maximum absolute atomic E-state index is 11.8. The second kappa shape index (κ2) is 3.05. The van der Waals surface area contributed by atoms with Crippen molar-refractivity contribution < 1.29 is 9.59 Å². The van der Waals surface area contributed by atoms with Crippen LogP contribution >= 0.6 is 0 Å². The first-order valence-electron chi connectivity index (χ1n) is 4.77. The van der Waals surface area contributed by atoms with E-state index in [1.54, 1.807) is 27.7 Å². The first-order chi connectivity index (χ1) is 6.13. The molecule has 80 valence electrons. The summed E-state index contributed by atoms with van der Waals surface area (Å²) in [6.45, 7) is 7.49. The Morgan fingerprint density at radius 2 is 1.93 bits per heavy atom. The maximum Gasteiger partial charge on any atom is 0.235 e. The zero-order valence-electron chi connectivity index (χ0n) is 9.26. The number of hydrogen-bond donors (Lipinski definition) is 1. The van der Waals surface area contributed by atoms with Crippen molar-refractivity contribution in [2.24, 2.45) is 11.1 Å². The van der Waals surface area contributed by atoms with E-state index in [2.05, 4.69) is 0 Å². The van der Waals surface area contributed by atoms with Gasteiger partial charge in [-0.1, -0.05) is 13.8 Å². The van der Waals surface area contributed by atoms with E-state index >= 15 is 0 Å². The van der Waals surface area contributed by atoms with Crippen molar-refractivity contribution in [3.8, 4) is 0 Å². The molecule has 1 saturated heterocycles. The molecule has 1 aliphatic heterocycles. The van der Waals surface area contributed by atoms with Crippen LogP contribution in [0.25, 0.3) is 0 Å².